The summed E-state index contributed by atoms with van der Waals surface area (Å²) >= 11 is 1.85. The van der Waals surface area contributed by atoms with E-state index in [2.05, 4.69) is 512 Å². The normalized spacial score (nSPS) is 11.8. The molecule has 27 aromatic rings. The summed E-state index contributed by atoms with van der Waals surface area (Å²) in [6.07, 6.45) is 1.92. The van der Waals surface area contributed by atoms with Gasteiger partial charge in [0, 0.05) is 92.3 Å². The molecular formula is C137H101N5OS. The first-order chi connectivity index (χ1) is 71.1. The number of nitrogens with one attached hydrogen (secondary N) is 3. The van der Waals surface area contributed by atoms with E-state index in [0.717, 1.165) is 74.6 Å². The molecule has 23 aromatic carbocycles. The van der Waals surface area contributed by atoms with Crippen LogP contribution >= 0.6 is 11.3 Å². The zero-order chi connectivity index (χ0) is 96.2. The zero-order valence-electron chi connectivity index (χ0n) is 79.9. The quantitative estimate of drug-likeness (QED) is 0.0896. The van der Waals surface area contributed by atoms with Gasteiger partial charge >= 0.3 is 0 Å². The van der Waals surface area contributed by atoms with Crippen LogP contribution < -0.4 is 16.0 Å². The molecule has 0 unspecified atom stereocenters. The van der Waals surface area contributed by atoms with Gasteiger partial charge in [0.2, 0.25) is 0 Å². The largest absolute Gasteiger partial charge is 0.456 e. The van der Waals surface area contributed by atoms with Crippen LogP contribution in [-0.2, 0) is 18.3 Å². The van der Waals surface area contributed by atoms with Crippen LogP contribution in [0.4, 0.5) is 34.1 Å². The number of fused-ring (bicyclic) bond motifs is 18. The average Bonchev–Trinajstić information content (AvgIpc) is 1.58. The molecule has 686 valence electrons. The Morgan fingerprint density at radius 1 is 0.222 bits per heavy atom. The Morgan fingerprint density at radius 3 is 1.38 bits per heavy atom. The van der Waals surface area contributed by atoms with E-state index >= 15 is 0 Å². The molecule has 0 fully saturated rings. The zero-order valence-corrected chi connectivity index (χ0v) is 80.7. The van der Waals surface area contributed by atoms with E-state index in [1.807, 2.05) is 72.0 Å². The molecule has 0 aliphatic heterocycles. The maximum atomic E-state index is 6.03. The van der Waals surface area contributed by atoms with Gasteiger partial charge in [-0.2, -0.15) is 0 Å². The number of para-hydroxylation sites is 7. The summed E-state index contributed by atoms with van der Waals surface area (Å²) in [5, 5.41) is 28.4. The first-order valence-corrected chi connectivity index (χ1v) is 50.3. The minimum atomic E-state index is 0.0582. The van der Waals surface area contributed by atoms with Crippen LogP contribution in [-0.4, -0.2) is 9.13 Å². The molecule has 0 amide bonds. The molecule has 0 bridgehead atoms. The molecule has 28 rings (SSSR count). The maximum absolute atomic E-state index is 6.03. The van der Waals surface area contributed by atoms with Crippen LogP contribution in [0.15, 0.2) is 538 Å². The second-order valence-electron chi connectivity index (χ2n) is 37.7. The predicted octanol–water partition coefficient (Wildman–Crippen LogP) is 38.1. The fourth-order valence-electron chi connectivity index (χ4n) is 21.1. The van der Waals surface area contributed by atoms with Gasteiger partial charge in [-0.1, -0.05) is 384 Å². The lowest BCUT2D eigenvalue weighted by atomic mass is 9.82. The van der Waals surface area contributed by atoms with Gasteiger partial charge in [-0.3, -0.25) is 0 Å². The van der Waals surface area contributed by atoms with Crippen molar-refractivity contribution in [1.82, 2.24) is 9.13 Å². The molecule has 4 heterocycles. The Kier molecular flexibility index (Phi) is 24.1. The molecule has 0 spiro atoms. The highest BCUT2D eigenvalue weighted by Gasteiger charge is 2.35. The number of benzene rings is 23. The van der Waals surface area contributed by atoms with Crippen LogP contribution in [0, 0.1) is 0 Å². The summed E-state index contributed by atoms with van der Waals surface area (Å²) in [6.45, 7) is 4.68. The first kappa shape index (κ1) is 88.5. The topological polar surface area (TPSA) is 59.1 Å². The number of hydrogen-bond acceptors (Lipinski definition) is 5. The van der Waals surface area contributed by atoms with E-state index in [0.29, 0.717) is 0 Å². The van der Waals surface area contributed by atoms with Crippen molar-refractivity contribution in [2.24, 2.45) is 0 Å². The molecule has 3 N–H and O–H groups in total. The minimum absolute atomic E-state index is 0.0582. The third kappa shape index (κ3) is 18.0. The molecule has 0 radical (unpaired) electrons. The number of aromatic nitrogens is 2. The van der Waals surface area contributed by atoms with Gasteiger partial charge in [0.15, 0.2) is 0 Å². The standard InChI is InChI=1S/C34H27N.C30H19NOS.C28H21N.C24H18N2.C21H16/c1-34(2)30-14-8-6-12-26(30)28-21-23(16-18-31(28)34)20-24-17-19-33-29(22-24)27-13-7-9-15-32(27)35(33)25-10-4-3-5-11-25;1-3-9-26-23(7-1)30-25(8-5-10-27(30)32-26)31-21-15-12-19(13-16-21)20-14-17-29-24(18-20)22-6-2-4-11-28(22)33-29;1-2-12-25(13-3-1)29-26-18-16-21(17-19-26)23-10-6-11-24(20-23)28-15-7-9-22-8-4-5-14-27(22)28;1-2-9-18(10-3-1)25-19-11-8-12-20(17-19)26-23-15-6-4-13-21(23)22-14-5-7-16-24(22)26;1-2-6-16(7-3-1)12-17-10-11-20-14-18-8-4-5-9-19(18)15-21(20)13-17/h3-19,21-22H,20H2,1-2H3;1-18,31H;1-20,29H;1-17,25H;1-11,13-15H,12H2. The van der Waals surface area contributed by atoms with Gasteiger partial charge < -0.3 is 29.5 Å². The van der Waals surface area contributed by atoms with E-state index < -0.39 is 0 Å². The van der Waals surface area contributed by atoms with Gasteiger partial charge in [-0.05, 0) is 287 Å². The number of thiophene rings is 1. The lowest BCUT2D eigenvalue weighted by Crippen LogP contribution is -2.14. The monoisotopic (exact) mass is 1860 g/mol. The average molecular weight is 1870 g/mol. The van der Waals surface area contributed by atoms with Gasteiger partial charge in [-0.15, -0.1) is 11.3 Å². The molecule has 4 aromatic heterocycles. The molecule has 6 nitrogen and oxygen atoms in total. The van der Waals surface area contributed by atoms with E-state index in [1.165, 1.54) is 180 Å². The third-order valence-corrected chi connectivity index (χ3v) is 29.2. The van der Waals surface area contributed by atoms with Crippen molar-refractivity contribution in [1.29, 1.82) is 0 Å². The summed E-state index contributed by atoms with van der Waals surface area (Å²) < 4.78 is 13.4. The van der Waals surface area contributed by atoms with Crippen molar-refractivity contribution in [3.63, 3.8) is 0 Å². The number of anilines is 6. The second kappa shape index (κ2) is 39.3. The fourth-order valence-corrected chi connectivity index (χ4v) is 22.2. The Labute approximate surface area is 842 Å². The molecule has 144 heavy (non-hydrogen) atoms. The van der Waals surface area contributed by atoms with E-state index in [4.69, 9.17) is 4.42 Å². The highest BCUT2D eigenvalue weighted by molar-refractivity contribution is 7.25. The highest BCUT2D eigenvalue weighted by atomic mass is 32.1. The third-order valence-electron chi connectivity index (χ3n) is 28.1. The Balaban J connectivity index is 0.0000000978. The highest BCUT2D eigenvalue weighted by Crippen LogP contribution is 2.50. The number of rotatable bonds is 15. The van der Waals surface area contributed by atoms with Gasteiger partial charge in [0.05, 0.1) is 33.1 Å². The molecule has 0 saturated heterocycles. The summed E-state index contributed by atoms with van der Waals surface area (Å²) in [4.78, 5) is 0. The lowest BCUT2D eigenvalue weighted by molar-refractivity contribution is 0.660. The number of hydrogen-bond donors (Lipinski definition) is 3. The second-order valence-corrected chi connectivity index (χ2v) is 38.8. The predicted molar refractivity (Wildman–Crippen MR) is 615 cm³/mol. The van der Waals surface area contributed by atoms with E-state index in [1.54, 1.807) is 0 Å². The van der Waals surface area contributed by atoms with Crippen LogP contribution in [0.1, 0.15) is 47.2 Å². The molecule has 7 heteroatoms. The van der Waals surface area contributed by atoms with Gasteiger partial charge in [-0.25, -0.2) is 0 Å². The van der Waals surface area contributed by atoms with Crippen molar-refractivity contribution >= 4 is 164 Å². The minimum Gasteiger partial charge on any atom is -0.456 e. The smallest absolute Gasteiger partial charge is 0.137 e. The summed E-state index contributed by atoms with van der Waals surface area (Å²) in [6, 6.07) is 190. The van der Waals surface area contributed by atoms with E-state index in [-0.39, 0.29) is 5.41 Å². The lowest BCUT2D eigenvalue weighted by Gasteiger charge is -2.21. The molecule has 1 aliphatic carbocycles. The number of nitrogens with zero attached hydrogens (tertiary/aromatic N) is 2. The Bertz CT molecular complexity index is 9330. The van der Waals surface area contributed by atoms with Crippen molar-refractivity contribution < 1.29 is 4.42 Å². The first-order valence-electron chi connectivity index (χ1n) is 49.5. The SMILES string of the molecule is CC1(C)c2ccccc2-c2cc(Cc3ccc4c(c3)c3ccccc3n4-c3ccccc3)ccc21.c1ccc(Cc2ccc3cc4ccccc4cc3c2)cc1.c1ccc(Nc2ccc(-c3cccc(-c4cccc5ccccc45)c3)cc2)cc1.c1ccc(Nc2cccc(-n3c4ccccc4c4ccccc43)c2)cc1.c1ccc2c(c1)oc1cccc(Nc3ccc(-c4ccc5sc6ccccc6c5c4)cc3)c12. The molecule has 0 saturated carbocycles. The van der Waals surface area contributed by atoms with Gasteiger partial charge in [0.25, 0.3) is 0 Å². The fraction of sp³-hybridized carbons (Fsp3) is 0.0365. The molecular weight excluding hydrogens is 1760 g/mol. The van der Waals surface area contributed by atoms with Crippen molar-refractivity contribution in [3.8, 4) is 55.9 Å². The molecule has 0 atom stereocenters. The van der Waals surface area contributed by atoms with Crippen LogP contribution in [0.5, 0.6) is 0 Å². The summed E-state index contributed by atoms with van der Waals surface area (Å²) in [5.41, 5.74) is 34.1. The summed E-state index contributed by atoms with van der Waals surface area (Å²) in [7, 11) is 0. The Hall–Kier alpha value is -18.1. The van der Waals surface area contributed by atoms with Gasteiger partial charge in [0.1, 0.15) is 11.2 Å². The van der Waals surface area contributed by atoms with Crippen LogP contribution in [0.3, 0.4) is 0 Å². The number of furan rings is 1. The van der Waals surface area contributed by atoms with Crippen LogP contribution in [0.2, 0.25) is 0 Å². The van der Waals surface area contributed by atoms with Crippen molar-refractivity contribution in [2.75, 3.05) is 16.0 Å². The van der Waals surface area contributed by atoms with E-state index in [9.17, 15) is 0 Å². The molecule has 1 aliphatic rings. The van der Waals surface area contributed by atoms with Crippen molar-refractivity contribution in [2.45, 2.75) is 32.1 Å². The van der Waals surface area contributed by atoms with Crippen LogP contribution in [0.25, 0.3) is 174 Å². The summed E-state index contributed by atoms with van der Waals surface area (Å²) in [5.74, 6) is 0. The maximum Gasteiger partial charge on any atom is 0.137 e. The van der Waals surface area contributed by atoms with Crippen molar-refractivity contribution in [3.05, 3.63) is 567 Å². The Morgan fingerprint density at radius 2 is 0.667 bits per heavy atom.